The highest BCUT2D eigenvalue weighted by Crippen LogP contribution is 2.21. The van der Waals surface area contributed by atoms with Gasteiger partial charge >= 0.3 is 5.97 Å². The fraction of sp³-hybridized carbons (Fsp3) is 0.200. The maximum Gasteiger partial charge on any atom is 0.344 e. The second kappa shape index (κ2) is 10.8. The Hall–Kier alpha value is -3.60. The maximum absolute atomic E-state index is 12.0. The van der Waals surface area contributed by atoms with Crippen LogP contribution in [0.25, 0.3) is 0 Å². The number of carbonyl (C=O) groups excluding carboxylic acids is 2. The minimum absolute atomic E-state index is 0.260. The molecule has 0 aliphatic carbocycles. The molecule has 0 saturated carbocycles. The minimum Gasteiger partial charge on any atom is -0.482 e. The predicted molar refractivity (Wildman–Crippen MR) is 117 cm³/mol. The first-order valence-corrected chi connectivity index (χ1v) is 9.93. The van der Waals surface area contributed by atoms with Gasteiger partial charge in [-0.1, -0.05) is 67.6 Å². The smallest absolute Gasteiger partial charge is 0.344 e. The third-order valence-corrected chi connectivity index (χ3v) is 4.57. The highest BCUT2D eigenvalue weighted by atomic mass is 16.6. The van der Waals surface area contributed by atoms with Crippen LogP contribution in [-0.2, 0) is 27.2 Å². The zero-order chi connectivity index (χ0) is 21.2. The highest BCUT2D eigenvalue weighted by Gasteiger charge is 2.11. The summed E-state index contributed by atoms with van der Waals surface area (Å²) in [6, 6.07) is 25.1. The lowest BCUT2D eigenvalue weighted by Gasteiger charge is -2.11. The van der Waals surface area contributed by atoms with Gasteiger partial charge in [0.1, 0.15) is 5.75 Å². The van der Waals surface area contributed by atoms with Gasteiger partial charge < -0.3 is 14.8 Å². The van der Waals surface area contributed by atoms with E-state index in [2.05, 4.69) is 12.2 Å². The van der Waals surface area contributed by atoms with Crippen LogP contribution in [0, 0.1) is 0 Å². The van der Waals surface area contributed by atoms with Crippen molar-refractivity contribution < 1.29 is 19.1 Å². The Bertz CT molecular complexity index is 968. The van der Waals surface area contributed by atoms with E-state index in [1.54, 1.807) is 0 Å². The van der Waals surface area contributed by atoms with E-state index >= 15 is 0 Å². The summed E-state index contributed by atoms with van der Waals surface area (Å²) in [6.07, 6.45) is 1.63. The summed E-state index contributed by atoms with van der Waals surface area (Å²) in [5.74, 6) is -0.364. The SMILES string of the molecule is CCc1ccc(NC(=O)COC(=O)COc2ccccc2Cc2ccccc2)cc1. The van der Waals surface area contributed by atoms with E-state index in [1.807, 2.05) is 78.9 Å². The molecule has 0 bridgehead atoms. The van der Waals surface area contributed by atoms with E-state index in [0.717, 1.165) is 17.5 Å². The maximum atomic E-state index is 12.0. The third-order valence-electron chi connectivity index (χ3n) is 4.57. The molecule has 0 heterocycles. The average Bonchev–Trinajstić information content (AvgIpc) is 2.78. The number of amides is 1. The molecule has 0 unspecified atom stereocenters. The molecule has 0 spiro atoms. The first kappa shape index (κ1) is 21.1. The summed E-state index contributed by atoms with van der Waals surface area (Å²) in [6.45, 7) is 1.45. The van der Waals surface area contributed by atoms with Gasteiger partial charge in [0.05, 0.1) is 0 Å². The molecule has 3 rings (SSSR count). The second-order valence-corrected chi connectivity index (χ2v) is 6.82. The van der Waals surface area contributed by atoms with Crippen molar-refractivity contribution in [1.29, 1.82) is 0 Å². The molecule has 0 aliphatic rings. The first-order chi connectivity index (χ1) is 14.6. The van der Waals surface area contributed by atoms with Crippen molar-refractivity contribution in [2.75, 3.05) is 18.5 Å². The number of aryl methyl sites for hydroxylation is 1. The lowest BCUT2D eigenvalue weighted by Crippen LogP contribution is -2.23. The number of hydrogen-bond donors (Lipinski definition) is 1. The van der Waals surface area contributed by atoms with Gasteiger partial charge in [-0.05, 0) is 41.3 Å². The molecule has 0 aliphatic heterocycles. The van der Waals surface area contributed by atoms with Gasteiger partial charge in [-0.25, -0.2) is 4.79 Å². The highest BCUT2D eigenvalue weighted by molar-refractivity contribution is 5.92. The van der Waals surface area contributed by atoms with Gasteiger partial charge in [0, 0.05) is 12.1 Å². The number of rotatable bonds is 9. The van der Waals surface area contributed by atoms with Gasteiger partial charge in [0.25, 0.3) is 5.91 Å². The van der Waals surface area contributed by atoms with Crippen LogP contribution < -0.4 is 10.1 Å². The van der Waals surface area contributed by atoms with Crippen molar-refractivity contribution in [1.82, 2.24) is 0 Å². The summed E-state index contributed by atoms with van der Waals surface area (Å²) in [7, 11) is 0. The van der Waals surface area contributed by atoms with Crippen LogP contribution in [0.15, 0.2) is 78.9 Å². The standard InChI is InChI=1S/C25H25NO4/c1-2-19-12-14-22(15-13-19)26-24(27)17-30-25(28)18-29-23-11-7-6-10-21(23)16-20-8-4-3-5-9-20/h3-15H,2,16-18H2,1H3,(H,26,27). The Labute approximate surface area is 176 Å². The molecule has 0 radical (unpaired) electrons. The van der Waals surface area contributed by atoms with Crippen molar-refractivity contribution in [2.24, 2.45) is 0 Å². The zero-order valence-electron chi connectivity index (χ0n) is 17.0. The molecule has 3 aromatic rings. The third kappa shape index (κ3) is 6.48. The first-order valence-electron chi connectivity index (χ1n) is 9.93. The normalized spacial score (nSPS) is 10.3. The molecule has 30 heavy (non-hydrogen) atoms. The van der Waals surface area contributed by atoms with Crippen LogP contribution in [0.4, 0.5) is 5.69 Å². The molecule has 5 nitrogen and oxygen atoms in total. The lowest BCUT2D eigenvalue weighted by atomic mass is 10.0. The van der Waals surface area contributed by atoms with Gasteiger partial charge in [-0.2, -0.15) is 0 Å². The number of anilines is 1. The van der Waals surface area contributed by atoms with Crippen molar-refractivity contribution in [2.45, 2.75) is 19.8 Å². The molecule has 154 valence electrons. The second-order valence-electron chi connectivity index (χ2n) is 6.82. The molecule has 0 aromatic heterocycles. The molecular weight excluding hydrogens is 378 g/mol. The van der Waals surface area contributed by atoms with E-state index < -0.39 is 11.9 Å². The summed E-state index contributed by atoms with van der Waals surface area (Å²) in [4.78, 5) is 24.0. The van der Waals surface area contributed by atoms with Gasteiger partial charge in [0.2, 0.25) is 0 Å². The largest absolute Gasteiger partial charge is 0.482 e. The lowest BCUT2D eigenvalue weighted by molar-refractivity contribution is -0.149. The van der Waals surface area contributed by atoms with E-state index in [-0.39, 0.29) is 13.2 Å². The molecule has 0 atom stereocenters. The summed E-state index contributed by atoms with van der Waals surface area (Å²) < 4.78 is 10.7. The Morgan fingerprint density at radius 3 is 2.23 bits per heavy atom. The average molecular weight is 403 g/mol. The van der Waals surface area contributed by atoms with Crippen LogP contribution in [-0.4, -0.2) is 25.1 Å². The van der Waals surface area contributed by atoms with Crippen LogP contribution >= 0.6 is 0 Å². The fourth-order valence-corrected chi connectivity index (χ4v) is 2.95. The van der Waals surface area contributed by atoms with Crippen LogP contribution in [0.3, 0.4) is 0 Å². The number of carbonyl (C=O) groups is 2. The van der Waals surface area contributed by atoms with Crippen molar-refractivity contribution in [3.05, 3.63) is 95.6 Å². The molecule has 3 aromatic carbocycles. The van der Waals surface area contributed by atoms with Crippen LogP contribution in [0.5, 0.6) is 5.75 Å². The number of nitrogens with one attached hydrogen (secondary N) is 1. The molecule has 0 saturated heterocycles. The molecule has 1 N–H and O–H groups in total. The fourth-order valence-electron chi connectivity index (χ4n) is 2.95. The van der Waals surface area contributed by atoms with Crippen LogP contribution in [0.2, 0.25) is 0 Å². The van der Waals surface area contributed by atoms with E-state index in [0.29, 0.717) is 17.9 Å². The Balaban J connectivity index is 1.46. The predicted octanol–water partition coefficient (Wildman–Crippen LogP) is 4.40. The summed E-state index contributed by atoms with van der Waals surface area (Å²) in [5, 5.41) is 2.70. The molecule has 0 fully saturated rings. The monoisotopic (exact) mass is 403 g/mol. The topological polar surface area (TPSA) is 64.6 Å². The number of benzene rings is 3. The van der Waals surface area contributed by atoms with E-state index in [9.17, 15) is 9.59 Å². The molecular formula is C25H25NO4. The van der Waals surface area contributed by atoms with Gasteiger partial charge in [-0.3, -0.25) is 4.79 Å². The summed E-state index contributed by atoms with van der Waals surface area (Å²) in [5.41, 5.74) is 3.98. The van der Waals surface area contributed by atoms with E-state index in [4.69, 9.17) is 9.47 Å². The summed E-state index contributed by atoms with van der Waals surface area (Å²) >= 11 is 0. The number of para-hydroxylation sites is 1. The number of ether oxygens (including phenoxy) is 2. The van der Waals surface area contributed by atoms with Gasteiger partial charge in [0.15, 0.2) is 13.2 Å². The van der Waals surface area contributed by atoms with E-state index in [1.165, 1.54) is 5.56 Å². The Kier molecular flexibility index (Phi) is 7.61. The Morgan fingerprint density at radius 1 is 0.800 bits per heavy atom. The zero-order valence-corrected chi connectivity index (χ0v) is 17.0. The van der Waals surface area contributed by atoms with Crippen molar-refractivity contribution >= 4 is 17.6 Å². The number of hydrogen-bond acceptors (Lipinski definition) is 4. The minimum atomic E-state index is -0.596. The van der Waals surface area contributed by atoms with Crippen molar-refractivity contribution in [3.8, 4) is 5.75 Å². The van der Waals surface area contributed by atoms with Gasteiger partial charge in [-0.15, -0.1) is 0 Å². The Morgan fingerprint density at radius 2 is 1.50 bits per heavy atom. The molecule has 5 heteroatoms. The molecule has 1 amide bonds. The number of esters is 1. The van der Waals surface area contributed by atoms with Crippen LogP contribution in [0.1, 0.15) is 23.6 Å². The quantitative estimate of drug-likeness (QED) is 0.538. The van der Waals surface area contributed by atoms with Crippen molar-refractivity contribution in [3.63, 3.8) is 0 Å².